The molecule has 0 bridgehead atoms. The van der Waals surface area contributed by atoms with Gasteiger partial charge in [0.1, 0.15) is 21.4 Å². The summed E-state index contributed by atoms with van der Waals surface area (Å²) in [7, 11) is -9.87. The second-order valence-corrected chi connectivity index (χ2v) is 7.35. The molecule has 2 N–H and O–H groups in total. The van der Waals surface area contributed by atoms with Crippen LogP contribution in [0.4, 0.5) is 8.78 Å². The second kappa shape index (κ2) is 10.2. The first kappa shape index (κ1) is 27.1. The maximum atomic E-state index is 13.4. The van der Waals surface area contributed by atoms with Crippen molar-refractivity contribution in [3.63, 3.8) is 0 Å². The SMILES string of the molecule is O=C(c1ccc(F)c(S(=O)(=O)O)c1)c1ccc(F)c(S(=O)(=O)O)c1.[KH].[KH]. The Morgan fingerprint density at radius 1 is 0.731 bits per heavy atom. The van der Waals surface area contributed by atoms with Gasteiger partial charge in [-0.25, -0.2) is 8.78 Å². The average molecular weight is 459 g/mol. The molecule has 0 heterocycles. The van der Waals surface area contributed by atoms with Gasteiger partial charge in [-0.2, -0.15) is 16.8 Å². The number of halogens is 2. The van der Waals surface area contributed by atoms with Crippen molar-refractivity contribution in [2.24, 2.45) is 0 Å². The number of carbonyl (C=O) groups excluding carboxylic acids is 1. The molecule has 2 aromatic rings. The van der Waals surface area contributed by atoms with Gasteiger partial charge < -0.3 is 0 Å². The summed E-state index contributed by atoms with van der Waals surface area (Å²) >= 11 is 0. The number of hydrogen-bond acceptors (Lipinski definition) is 5. The van der Waals surface area contributed by atoms with Gasteiger partial charge in [-0.3, -0.25) is 13.9 Å². The van der Waals surface area contributed by atoms with Crippen molar-refractivity contribution >= 4 is 129 Å². The van der Waals surface area contributed by atoms with Crippen LogP contribution < -0.4 is 0 Å². The third-order valence-corrected chi connectivity index (χ3v) is 4.68. The van der Waals surface area contributed by atoms with Crippen LogP contribution in [0.2, 0.25) is 0 Å². The number of rotatable bonds is 4. The van der Waals surface area contributed by atoms with Crippen LogP contribution in [0.3, 0.4) is 0 Å². The monoisotopic (exact) mass is 458 g/mol. The van der Waals surface area contributed by atoms with Gasteiger partial charge in [0, 0.05) is 11.1 Å². The molecule has 7 nitrogen and oxygen atoms in total. The van der Waals surface area contributed by atoms with Gasteiger partial charge in [0.2, 0.25) is 0 Å². The van der Waals surface area contributed by atoms with Gasteiger partial charge in [-0.05, 0) is 36.4 Å². The Morgan fingerprint density at radius 3 is 1.31 bits per heavy atom. The molecule has 0 aliphatic heterocycles. The quantitative estimate of drug-likeness (QED) is 0.386. The summed E-state index contributed by atoms with van der Waals surface area (Å²) in [6.45, 7) is 0. The molecule has 132 valence electrons. The first-order chi connectivity index (χ1) is 10.9. The van der Waals surface area contributed by atoms with E-state index < -0.39 is 58.6 Å². The number of carbonyl (C=O) groups is 1. The molecule has 26 heavy (non-hydrogen) atoms. The van der Waals surface area contributed by atoms with Gasteiger partial charge in [-0.15, -0.1) is 0 Å². The Labute approximate surface area is 232 Å². The molecular formula is C13H10F2K2O7S2. The second-order valence-electron chi connectivity index (χ2n) is 4.57. The van der Waals surface area contributed by atoms with Gasteiger partial charge in [0.15, 0.2) is 5.78 Å². The summed E-state index contributed by atoms with van der Waals surface area (Å²) in [5, 5.41) is 0. The van der Waals surface area contributed by atoms with Gasteiger partial charge >= 0.3 is 103 Å². The maximum absolute atomic E-state index is 13.4. The van der Waals surface area contributed by atoms with E-state index in [4.69, 9.17) is 9.11 Å². The van der Waals surface area contributed by atoms with E-state index in [0.29, 0.717) is 24.3 Å². The number of hydrogen-bond donors (Lipinski definition) is 2. The van der Waals surface area contributed by atoms with Crippen molar-refractivity contribution in [1.29, 1.82) is 0 Å². The van der Waals surface area contributed by atoms with E-state index in [9.17, 15) is 30.4 Å². The van der Waals surface area contributed by atoms with Crippen molar-refractivity contribution in [3.8, 4) is 0 Å². The minimum atomic E-state index is -4.93. The summed E-state index contributed by atoms with van der Waals surface area (Å²) in [6, 6.07) is 4.10. The standard InChI is InChI=1S/C13H8F2O7S2.2K.2H/c14-9-3-1-7(5-11(9)23(17,18)19)13(16)8-2-4-10(15)12(6-8)24(20,21)22;;;;/h1-6H,(H,17,18,19)(H,20,21,22);;;;. The third-order valence-electron chi connectivity index (χ3n) is 2.94. The Morgan fingerprint density at radius 2 is 1.04 bits per heavy atom. The molecular weight excluding hydrogens is 448 g/mol. The molecule has 0 unspecified atom stereocenters. The topological polar surface area (TPSA) is 126 Å². The number of benzene rings is 2. The van der Waals surface area contributed by atoms with E-state index in [0.717, 1.165) is 12.1 Å². The molecule has 0 amide bonds. The van der Waals surface area contributed by atoms with Crippen LogP contribution in [0.5, 0.6) is 0 Å². The van der Waals surface area contributed by atoms with Crippen LogP contribution >= 0.6 is 0 Å². The molecule has 0 aromatic heterocycles. The fourth-order valence-electron chi connectivity index (χ4n) is 1.85. The first-order valence-electron chi connectivity index (χ1n) is 6.00. The predicted molar refractivity (Wildman–Crippen MR) is 90.2 cm³/mol. The normalized spacial score (nSPS) is 11.2. The zero-order valence-corrected chi connectivity index (χ0v) is 13.1. The molecule has 0 aliphatic rings. The Bertz CT molecular complexity index is 971. The molecule has 0 saturated carbocycles. The first-order valence-corrected chi connectivity index (χ1v) is 8.88. The summed E-state index contributed by atoms with van der Waals surface area (Å²) < 4.78 is 88.7. The van der Waals surface area contributed by atoms with Gasteiger partial charge in [-0.1, -0.05) is 0 Å². The van der Waals surface area contributed by atoms with Crippen molar-refractivity contribution in [2.45, 2.75) is 9.79 Å². The van der Waals surface area contributed by atoms with Crippen molar-refractivity contribution < 1.29 is 39.5 Å². The van der Waals surface area contributed by atoms with Crippen LogP contribution in [0.25, 0.3) is 0 Å². The van der Waals surface area contributed by atoms with E-state index in [2.05, 4.69) is 0 Å². The predicted octanol–water partition coefficient (Wildman–Crippen LogP) is 0.392. The van der Waals surface area contributed by atoms with Crippen LogP contribution in [-0.4, -0.2) is 134 Å². The zero-order chi connectivity index (χ0) is 18.3. The van der Waals surface area contributed by atoms with Crippen molar-refractivity contribution in [1.82, 2.24) is 0 Å². The van der Waals surface area contributed by atoms with Crippen LogP contribution in [0.15, 0.2) is 46.2 Å². The summed E-state index contributed by atoms with van der Waals surface area (Å²) in [4.78, 5) is 9.93. The molecule has 0 spiro atoms. The summed E-state index contributed by atoms with van der Waals surface area (Å²) in [6.07, 6.45) is 0. The van der Waals surface area contributed by atoms with Crippen LogP contribution in [0.1, 0.15) is 15.9 Å². The Hall–Kier alpha value is 1.06. The van der Waals surface area contributed by atoms with E-state index in [1.807, 2.05) is 0 Å². The van der Waals surface area contributed by atoms with Crippen LogP contribution in [-0.2, 0) is 20.2 Å². The molecule has 13 heteroatoms. The summed E-state index contributed by atoms with van der Waals surface area (Å²) in [5.41, 5.74) is -0.811. The van der Waals surface area contributed by atoms with E-state index >= 15 is 0 Å². The molecule has 2 rings (SSSR count). The fraction of sp³-hybridized carbons (Fsp3) is 0. The van der Waals surface area contributed by atoms with Crippen molar-refractivity contribution in [2.75, 3.05) is 0 Å². The van der Waals surface area contributed by atoms with E-state index in [-0.39, 0.29) is 103 Å². The molecule has 0 aliphatic carbocycles. The number of ketones is 1. The zero-order valence-electron chi connectivity index (χ0n) is 11.5. The molecule has 0 saturated heterocycles. The Kier molecular flexibility index (Phi) is 10.6. The average Bonchev–Trinajstić information content (AvgIpc) is 2.45. The molecule has 0 fully saturated rings. The molecule has 2 aromatic carbocycles. The Balaban J connectivity index is 0.00000312. The molecule has 0 radical (unpaired) electrons. The fourth-order valence-corrected chi connectivity index (χ4v) is 3.03. The van der Waals surface area contributed by atoms with E-state index in [1.54, 1.807) is 0 Å². The molecule has 0 atom stereocenters. The summed E-state index contributed by atoms with van der Waals surface area (Å²) in [5.74, 6) is -3.58. The minimum absolute atomic E-state index is 0. The van der Waals surface area contributed by atoms with Crippen LogP contribution in [0, 0.1) is 11.6 Å². The van der Waals surface area contributed by atoms with Gasteiger partial charge in [0.05, 0.1) is 0 Å². The third kappa shape index (κ3) is 6.55. The van der Waals surface area contributed by atoms with Gasteiger partial charge in [0.25, 0.3) is 20.2 Å². The van der Waals surface area contributed by atoms with E-state index in [1.165, 1.54) is 0 Å². The van der Waals surface area contributed by atoms with Crippen molar-refractivity contribution in [3.05, 3.63) is 59.2 Å².